The summed E-state index contributed by atoms with van der Waals surface area (Å²) < 4.78 is 5.94. The number of carbonyl (C=O) groups is 1. The third kappa shape index (κ3) is 4.43. The van der Waals surface area contributed by atoms with Crippen LogP contribution in [-0.4, -0.2) is 12.1 Å². The molecule has 5 rings (SSSR count). The van der Waals surface area contributed by atoms with Crippen LogP contribution in [0, 0.1) is 52.3 Å². The Labute approximate surface area is 210 Å². The van der Waals surface area contributed by atoms with Crippen molar-refractivity contribution in [2.45, 2.75) is 131 Å². The van der Waals surface area contributed by atoms with Gasteiger partial charge < -0.3 is 4.74 Å². The summed E-state index contributed by atoms with van der Waals surface area (Å²) >= 11 is 0. The Kier molecular flexibility index (Phi) is 7.02. The van der Waals surface area contributed by atoms with Gasteiger partial charge in [-0.2, -0.15) is 0 Å². The zero-order valence-corrected chi connectivity index (χ0v) is 22.9. The molecule has 192 valence electrons. The SMILES string of the molecule is CC[C@H](CCC[C@H]1CC[C@H]2[C@@H]3CC=C4C[C@@H](OC(=O)C5CC5)CC[C@]4(C)[C@H]3CC[C@]12C)C(C)C. The van der Waals surface area contributed by atoms with Crippen LogP contribution in [0.2, 0.25) is 0 Å². The molecule has 0 aromatic carbocycles. The first-order chi connectivity index (χ1) is 16.3. The molecule has 0 aliphatic heterocycles. The van der Waals surface area contributed by atoms with Gasteiger partial charge in [0.1, 0.15) is 6.10 Å². The number of hydrogen-bond acceptors (Lipinski definition) is 2. The molecule has 0 spiro atoms. The maximum Gasteiger partial charge on any atom is 0.309 e. The highest BCUT2D eigenvalue weighted by molar-refractivity contribution is 5.75. The molecule has 0 bridgehead atoms. The second-order valence-electron chi connectivity index (χ2n) is 14.0. The first-order valence-electron chi connectivity index (χ1n) is 15.2. The fourth-order valence-electron chi connectivity index (χ4n) is 9.53. The van der Waals surface area contributed by atoms with Gasteiger partial charge in [0.05, 0.1) is 5.92 Å². The van der Waals surface area contributed by atoms with Gasteiger partial charge in [-0.3, -0.25) is 4.79 Å². The standard InChI is InChI=1S/C32H52O2/c1-6-22(21(2)3)8-7-9-24-13-15-28-27-14-12-25-20-26(34-30(33)23-10-11-23)16-18-32(25,5)29(27)17-19-31(24,28)4/h12,21-24,26-29H,6-11,13-20H2,1-5H3/t22-,24+,26+,27+,28+,29+,31-,32+/m1/s1. The van der Waals surface area contributed by atoms with Gasteiger partial charge in [-0.1, -0.05) is 65.5 Å². The van der Waals surface area contributed by atoms with Crippen LogP contribution in [0.3, 0.4) is 0 Å². The minimum absolute atomic E-state index is 0.0898. The predicted molar refractivity (Wildman–Crippen MR) is 140 cm³/mol. The maximum absolute atomic E-state index is 12.3. The minimum atomic E-state index is 0.0898. The molecule has 0 N–H and O–H groups in total. The average molecular weight is 469 g/mol. The number of rotatable bonds is 8. The highest BCUT2D eigenvalue weighted by atomic mass is 16.5. The van der Waals surface area contributed by atoms with Gasteiger partial charge in [0, 0.05) is 6.42 Å². The zero-order valence-electron chi connectivity index (χ0n) is 22.9. The molecule has 2 heteroatoms. The van der Waals surface area contributed by atoms with Gasteiger partial charge in [0.25, 0.3) is 0 Å². The molecule has 5 aliphatic rings. The summed E-state index contributed by atoms with van der Waals surface area (Å²) in [4.78, 5) is 12.3. The third-order valence-electron chi connectivity index (χ3n) is 12.0. The monoisotopic (exact) mass is 468 g/mol. The van der Waals surface area contributed by atoms with Crippen molar-refractivity contribution in [3.63, 3.8) is 0 Å². The topological polar surface area (TPSA) is 26.3 Å². The van der Waals surface area contributed by atoms with Crippen LogP contribution < -0.4 is 0 Å². The summed E-state index contributed by atoms with van der Waals surface area (Å²) in [7, 11) is 0. The van der Waals surface area contributed by atoms with E-state index in [9.17, 15) is 4.79 Å². The number of allylic oxidation sites excluding steroid dienone is 1. The molecule has 0 aromatic rings. The number of fused-ring (bicyclic) bond motifs is 5. The van der Waals surface area contributed by atoms with Crippen LogP contribution >= 0.6 is 0 Å². The summed E-state index contributed by atoms with van der Waals surface area (Å²) in [6.07, 6.45) is 21.0. The molecule has 2 nitrogen and oxygen atoms in total. The Morgan fingerprint density at radius 3 is 2.56 bits per heavy atom. The predicted octanol–water partition coefficient (Wildman–Crippen LogP) is 8.74. The normalized spacial score (nSPS) is 42.4. The summed E-state index contributed by atoms with van der Waals surface area (Å²) in [6.45, 7) is 12.5. The van der Waals surface area contributed by atoms with Crippen LogP contribution in [0.15, 0.2) is 11.6 Å². The van der Waals surface area contributed by atoms with E-state index in [1.54, 1.807) is 5.57 Å². The zero-order chi connectivity index (χ0) is 24.1. The number of ether oxygens (including phenoxy) is 1. The van der Waals surface area contributed by atoms with E-state index < -0.39 is 0 Å². The van der Waals surface area contributed by atoms with Crippen molar-refractivity contribution in [1.29, 1.82) is 0 Å². The molecule has 8 atom stereocenters. The summed E-state index contributed by atoms with van der Waals surface area (Å²) in [5.74, 6) is 5.71. The fraction of sp³-hybridized carbons (Fsp3) is 0.906. The van der Waals surface area contributed by atoms with Crippen molar-refractivity contribution in [3.05, 3.63) is 11.6 Å². The molecule has 4 saturated carbocycles. The lowest BCUT2D eigenvalue weighted by Crippen LogP contribution is -2.50. The first-order valence-corrected chi connectivity index (χ1v) is 15.2. The molecule has 0 radical (unpaired) electrons. The Morgan fingerprint density at radius 1 is 1.06 bits per heavy atom. The van der Waals surface area contributed by atoms with Crippen LogP contribution in [0.25, 0.3) is 0 Å². The second-order valence-corrected chi connectivity index (χ2v) is 14.0. The quantitative estimate of drug-likeness (QED) is 0.263. The van der Waals surface area contributed by atoms with Gasteiger partial charge in [-0.05, 0) is 111 Å². The largest absolute Gasteiger partial charge is 0.462 e. The van der Waals surface area contributed by atoms with Crippen molar-refractivity contribution >= 4 is 5.97 Å². The van der Waals surface area contributed by atoms with E-state index in [0.717, 1.165) is 61.2 Å². The van der Waals surface area contributed by atoms with Crippen molar-refractivity contribution in [3.8, 4) is 0 Å². The van der Waals surface area contributed by atoms with Crippen LogP contribution in [0.1, 0.15) is 125 Å². The average Bonchev–Trinajstić information content (AvgIpc) is 3.60. The second kappa shape index (κ2) is 9.59. The molecule has 4 fully saturated rings. The first kappa shape index (κ1) is 24.9. The van der Waals surface area contributed by atoms with Crippen LogP contribution in [0.5, 0.6) is 0 Å². The van der Waals surface area contributed by atoms with Crippen LogP contribution in [-0.2, 0) is 9.53 Å². The van der Waals surface area contributed by atoms with E-state index >= 15 is 0 Å². The van der Waals surface area contributed by atoms with E-state index in [4.69, 9.17) is 4.74 Å². The summed E-state index contributed by atoms with van der Waals surface area (Å²) in [5.41, 5.74) is 2.58. The highest BCUT2D eigenvalue weighted by Crippen LogP contribution is 2.67. The molecule has 0 heterocycles. The van der Waals surface area contributed by atoms with Gasteiger partial charge in [0.2, 0.25) is 0 Å². The molecule has 0 aromatic heterocycles. The van der Waals surface area contributed by atoms with Crippen molar-refractivity contribution in [2.24, 2.45) is 52.3 Å². The molecule has 0 amide bonds. The Balaban J connectivity index is 1.22. The number of esters is 1. The molecule has 34 heavy (non-hydrogen) atoms. The molecule has 5 aliphatic carbocycles. The van der Waals surface area contributed by atoms with E-state index in [-0.39, 0.29) is 18.0 Å². The van der Waals surface area contributed by atoms with Gasteiger partial charge >= 0.3 is 5.97 Å². The van der Waals surface area contributed by atoms with E-state index in [2.05, 4.69) is 40.7 Å². The summed E-state index contributed by atoms with van der Waals surface area (Å²) in [6, 6.07) is 0. The molecule has 0 unspecified atom stereocenters. The Morgan fingerprint density at radius 2 is 1.85 bits per heavy atom. The van der Waals surface area contributed by atoms with Crippen molar-refractivity contribution < 1.29 is 9.53 Å². The minimum Gasteiger partial charge on any atom is -0.462 e. The lowest BCUT2D eigenvalue weighted by Gasteiger charge is -2.58. The summed E-state index contributed by atoms with van der Waals surface area (Å²) in [5, 5.41) is 0. The Bertz CT molecular complexity index is 778. The highest BCUT2D eigenvalue weighted by Gasteiger charge is 2.58. The van der Waals surface area contributed by atoms with E-state index in [1.165, 1.54) is 64.2 Å². The maximum atomic E-state index is 12.3. The van der Waals surface area contributed by atoms with Gasteiger partial charge in [-0.15, -0.1) is 0 Å². The molecular formula is C32H52O2. The van der Waals surface area contributed by atoms with Crippen LogP contribution in [0.4, 0.5) is 0 Å². The fourth-order valence-corrected chi connectivity index (χ4v) is 9.53. The van der Waals surface area contributed by atoms with Gasteiger partial charge in [-0.25, -0.2) is 0 Å². The molecular weight excluding hydrogens is 416 g/mol. The smallest absolute Gasteiger partial charge is 0.309 e. The number of carbonyl (C=O) groups excluding carboxylic acids is 1. The van der Waals surface area contributed by atoms with Crippen molar-refractivity contribution in [2.75, 3.05) is 0 Å². The lowest BCUT2D eigenvalue weighted by molar-refractivity contribution is -0.153. The van der Waals surface area contributed by atoms with Crippen molar-refractivity contribution in [1.82, 2.24) is 0 Å². The Hall–Kier alpha value is -0.790. The van der Waals surface area contributed by atoms with E-state index in [0.29, 0.717) is 10.8 Å². The number of hydrogen-bond donors (Lipinski definition) is 0. The third-order valence-corrected chi connectivity index (χ3v) is 12.0. The molecule has 0 saturated heterocycles. The lowest BCUT2D eigenvalue weighted by atomic mass is 9.47. The van der Waals surface area contributed by atoms with Gasteiger partial charge in [0.15, 0.2) is 0 Å². The van der Waals surface area contributed by atoms with E-state index in [1.807, 2.05) is 0 Å².